The summed E-state index contributed by atoms with van der Waals surface area (Å²) in [6.07, 6.45) is 1.40. The number of sulfonamides is 1. The maximum atomic E-state index is 12.9. The Labute approximate surface area is 165 Å². The van der Waals surface area contributed by atoms with Gasteiger partial charge in [-0.3, -0.25) is 9.59 Å². The molecule has 0 bridgehead atoms. The molecule has 2 aliphatic heterocycles. The van der Waals surface area contributed by atoms with Gasteiger partial charge < -0.3 is 14.4 Å². The van der Waals surface area contributed by atoms with Crippen LogP contribution >= 0.6 is 0 Å². The Morgan fingerprint density at radius 3 is 2.68 bits per heavy atom. The largest absolute Gasteiger partial charge is 0.466 e. The summed E-state index contributed by atoms with van der Waals surface area (Å²) in [6.45, 7) is 4.21. The Morgan fingerprint density at radius 1 is 1.21 bits per heavy atom. The minimum Gasteiger partial charge on any atom is -0.466 e. The number of nitrogens with zero attached hydrogens (tertiary/aromatic N) is 2. The predicted molar refractivity (Wildman–Crippen MR) is 101 cm³/mol. The average Bonchev–Trinajstić information content (AvgIpc) is 2.74. The van der Waals surface area contributed by atoms with Gasteiger partial charge in [-0.1, -0.05) is 6.07 Å². The van der Waals surface area contributed by atoms with Crippen LogP contribution in [0.5, 0.6) is 0 Å². The minimum atomic E-state index is -3.67. The molecule has 1 atom stereocenters. The fourth-order valence-electron chi connectivity index (χ4n) is 3.52. The fourth-order valence-corrected chi connectivity index (χ4v) is 4.98. The van der Waals surface area contributed by atoms with Crippen molar-refractivity contribution in [2.24, 2.45) is 5.92 Å². The summed E-state index contributed by atoms with van der Waals surface area (Å²) in [5, 5.41) is 0. The van der Waals surface area contributed by atoms with Gasteiger partial charge in [-0.2, -0.15) is 4.31 Å². The molecule has 2 fully saturated rings. The zero-order valence-corrected chi connectivity index (χ0v) is 16.8. The molecule has 0 aliphatic carbocycles. The van der Waals surface area contributed by atoms with Crippen molar-refractivity contribution in [3.8, 4) is 0 Å². The van der Waals surface area contributed by atoms with E-state index in [0.717, 1.165) is 0 Å². The lowest BCUT2D eigenvalue weighted by atomic mass is 9.97. The number of hydrogen-bond donors (Lipinski definition) is 0. The zero-order chi connectivity index (χ0) is 20.1. The molecule has 8 nitrogen and oxygen atoms in total. The lowest BCUT2D eigenvalue weighted by Gasteiger charge is -2.31. The first kappa shape index (κ1) is 20.8. The monoisotopic (exact) mass is 410 g/mol. The van der Waals surface area contributed by atoms with Gasteiger partial charge in [0.2, 0.25) is 10.0 Å². The van der Waals surface area contributed by atoms with Crippen molar-refractivity contribution in [1.82, 2.24) is 9.21 Å². The number of benzene rings is 1. The topological polar surface area (TPSA) is 93.2 Å². The summed E-state index contributed by atoms with van der Waals surface area (Å²) in [4.78, 5) is 26.6. The molecule has 1 aromatic carbocycles. The van der Waals surface area contributed by atoms with Crippen LogP contribution in [-0.2, 0) is 24.3 Å². The second kappa shape index (κ2) is 9.02. The molecular weight excluding hydrogens is 384 g/mol. The van der Waals surface area contributed by atoms with Crippen molar-refractivity contribution in [3.63, 3.8) is 0 Å². The summed E-state index contributed by atoms with van der Waals surface area (Å²) >= 11 is 0. The Hall–Kier alpha value is -1.97. The number of esters is 1. The molecule has 0 unspecified atom stereocenters. The van der Waals surface area contributed by atoms with E-state index >= 15 is 0 Å². The molecule has 28 heavy (non-hydrogen) atoms. The SMILES string of the molecule is CCOC(=O)[C@@H]1CCCN(C(=O)c2cccc(S(=O)(=O)N3CCOCC3)c2)C1. The third-order valence-electron chi connectivity index (χ3n) is 5.02. The molecule has 0 spiro atoms. The second-order valence-corrected chi connectivity index (χ2v) is 8.82. The lowest BCUT2D eigenvalue weighted by molar-refractivity contribution is -0.149. The summed E-state index contributed by atoms with van der Waals surface area (Å²) < 4.78 is 37.3. The van der Waals surface area contributed by atoms with E-state index in [9.17, 15) is 18.0 Å². The minimum absolute atomic E-state index is 0.0965. The summed E-state index contributed by atoms with van der Waals surface area (Å²) in [5.41, 5.74) is 0.304. The van der Waals surface area contributed by atoms with Crippen molar-refractivity contribution >= 4 is 21.9 Å². The standard InChI is InChI=1S/C19H26N2O6S/c1-2-27-19(23)16-6-4-8-20(14-16)18(22)15-5-3-7-17(13-15)28(24,25)21-9-11-26-12-10-21/h3,5,7,13,16H,2,4,6,8-12,14H2,1H3/t16-/m1/s1. The van der Waals surface area contributed by atoms with Crippen LogP contribution in [-0.4, -0.2) is 75.5 Å². The average molecular weight is 410 g/mol. The highest BCUT2D eigenvalue weighted by atomic mass is 32.2. The molecule has 3 rings (SSSR count). The quantitative estimate of drug-likeness (QED) is 0.676. The van der Waals surface area contributed by atoms with Crippen molar-refractivity contribution < 1.29 is 27.5 Å². The van der Waals surface area contributed by atoms with E-state index in [-0.39, 0.29) is 29.2 Å². The number of likely N-dealkylation sites (tertiary alicyclic amines) is 1. The normalized spacial score (nSPS) is 21.3. The number of carbonyl (C=O) groups is 2. The molecule has 0 N–H and O–H groups in total. The predicted octanol–water partition coefficient (Wildman–Crippen LogP) is 1.12. The lowest BCUT2D eigenvalue weighted by Crippen LogP contribution is -2.43. The van der Waals surface area contributed by atoms with E-state index in [1.54, 1.807) is 24.0 Å². The number of amides is 1. The van der Waals surface area contributed by atoms with Crippen LogP contribution in [0.15, 0.2) is 29.2 Å². The molecular formula is C19H26N2O6S. The highest BCUT2D eigenvalue weighted by Crippen LogP contribution is 2.22. The second-order valence-electron chi connectivity index (χ2n) is 6.89. The number of rotatable bonds is 5. The maximum absolute atomic E-state index is 12.9. The van der Waals surface area contributed by atoms with Gasteiger partial charge in [0.25, 0.3) is 5.91 Å². The third-order valence-corrected chi connectivity index (χ3v) is 6.91. The first-order valence-corrected chi connectivity index (χ1v) is 11.0. The Balaban J connectivity index is 1.76. The molecule has 1 amide bonds. The molecule has 0 aromatic heterocycles. The van der Waals surface area contributed by atoms with E-state index in [0.29, 0.717) is 57.9 Å². The van der Waals surface area contributed by atoms with E-state index in [4.69, 9.17) is 9.47 Å². The van der Waals surface area contributed by atoms with Gasteiger partial charge in [0.05, 0.1) is 30.6 Å². The first-order chi connectivity index (χ1) is 13.4. The van der Waals surface area contributed by atoms with E-state index in [1.165, 1.54) is 16.4 Å². The smallest absolute Gasteiger partial charge is 0.310 e. The van der Waals surface area contributed by atoms with Crippen LogP contribution in [0.4, 0.5) is 0 Å². The van der Waals surface area contributed by atoms with Crippen molar-refractivity contribution in [2.45, 2.75) is 24.7 Å². The van der Waals surface area contributed by atoms with Gasteiger partial charge in [-0.05, 0) is 38.0 Å². The Bertz CT molecular complexity index is 819. The highest BCUT2D eigenvalue weighted by Gasteiger charge is 2.31. The number of piperidine rings is 1. The fraction of sp³-hybridized carbons (Fsp3) is 0.579. The molecule has 2 aliphatic rings. The number of morpholine rings is 1. The van der Waals surface area contributed by atoms with Crippen LogP contribution < -0.4 is 0 Å². The molecule has 2 saturated heterocycles. The van der Waals surface area contributed by atoms with Crippen LogP contribution in [0, 0.1) is 5.92 Å². The van der Waals surface area contributed by atoms with Crippen LogP contribution in [0.3, 0.4) is 0 Å². The van der Waals surface area contributed by atoms with Gasteiger partial charge in [0, 0.05) is 31.7 Å². The van der Waals surface area contributed by atoms with Gasteiger partial charge in [0.1, 0.15) is 0 Å². The van der Waals surface area contributed by atoms with Crippen molar-refractivity contribution in [3.05, 3.63) is 29.8 Å². The number of ether oxygens (including phenoxy) is 2. The van der Waals surface area contributed by atoms with Gasteiger partial charge in [-0.15, -0.1) is 0 Å². The summed E-state index contributed by atoms with van der Waals surface area (Å²) in [5.74, 6) is -0.894. The van der Waals surface area contributed by atoms with Crippen molar-refractivity contribution in [2.75, 3.05) is 46.0 Å². The van der Waals surface area contributed by atoms with E-state index < -0.39 is 10.0 Å². The van der Waals surface area contributed by atoms with Gasteiger partial charge >= 0.3 is 5.97 Å². The number of carbonyl (C=O) groups excluding carboxylic acids is 2. The first-order valence-electron chi connectivity index (χ1n) is 9.57. The summed E-state index contributed by atoms with van der Waals surface area (Å²) in [7, 11) is -3.67. The highest BCUT2D eigenvalue weighted by molar-refractivity contribution is 7.89. The zero-order valence-electron chi connectivity index (χ0n) is 16.0. The van der Waals surface area contributed by atoms with Crippen LogP contribution in [0.2, 0.25) is 0 Å². The maximum Gasteiger partial charge on any atom is 0.310 e. The Morgan fingerprint density at radius 2 is 1.96 bits per heavy atom. The molecule has 154 valence electrons. The molecule has 2 heterocycles. The third kappa shape index (κ3) is 4.53. The molecule has 0 saturated carbocycles. The molecule has 1 aromatic rings. The number of hydrogen-bond acceptors (Lipinski definition) is 6. The molecule has 9 heteroatoms. The van der Waals surface area contributed by atoms with E-state index in [2.05, 4.69) is 0 Å². The van der Waals surface area contributed by atoms with E-state index in [1.807, 2.05) is 0 Å². The van der Waals surface area contributed by atoms with Crippen molar-refractivity contribution in [1.29, 1.82) is 0 Å². The Kier molecular flexibility index (Phi) is 6.69. The van der Waals surface area contributed by atoms with Crippen LogP contribution in [0.25, 0.3) is 0 Å². The van der Waals surface area contributed by atoms with Gasteiger partial charge in [-0.25, -0.2) is 8.42 Å². The van der Waals surface area contributed by atoms with Gasteiger partial charge in [0.15, 0.2) is 0 Å². The molecule has 0 radical (unpaired) electrons. The summed E-state index contributed by atoms with van der Waals surface area (Å²) in [6, 6.07) is 6.10. The van der Waals surface area contributed by atoms with Crippen LogP contribution in [0.1, 0.15) is 30.1 Å².